The average Bonchev–Trinajstić information content (AvgIpc) is 3.18. The van der Waals surface area contributed by atoms with Crippen LogP contribution in [0, 0.1) is 23.2 Å². The molecule has 0 spiro atoms. The van der Waals surface area contributed by atoms with Crippen LogP contribution in [0.1, 0.15) is 95.6 Å². The first kappa shape index (κ1) is 25.5. The number of nitrogens with zero attached hydrogens (tertiary/aromatic N) is 2. The van der Waals surface area contributed by atoms with Crippen LogP contribution in [0.4, 0.5) is 0 Å². The van der Waals surface area contributed by atoms with Crippen molar-refractivity contribution >= 4 is 23.9 Å². The zero-order valence-electron chi connectivity index (χ0n) is 22.0. The van der Waals surface area contributed by atoms with Crippen LogP contribution < -0.4 is 16.0 Å². The van der Waals surface area contributed by atoms with E-state index in [9.17, 15) is 14.4 Å². The molecule has 4 aliphatic carbocycles. The van der Waals surface area contributed by atoms with Crippen LogP contribution in [0.25, 0.3) is 6.20 Å². The molecule has 2 atom stereocenters. The van der Waals surface area contributed by atoms with Gasteiger partial charge in [-0.15, -0.1) is 0 Å². The van der Waals surface area contributed by atoms with Crippen LogP contribution in [-0.2, 0) is 9.59 Å². The molecule has 4 bridgehead atoms. The summed E-state index contributed by atoms with van der Waals surface area (Å²) in [4.78, 5) is 37.7. The van der Waals surface area contributed by atoms with Crippen molar-refractivity contribution in [1.29, 1.82) is 0 Å². The molecule has 4 aliphatic rings. The van der Waals surface area contributed by atoms with E-state index in [1.54, 1.807) is 24.0 Å². The number of rotatable bonds is 8. The van der Waals surface area contributed by atoms with Gasteiger partial charge in [0.05, 0.1) is 22.9 Å². The largest absolute Gasteiger partial charge is 0.356 e. The second-order valence-corrected chi connectivity index (χ2v) is 11.9. The van der Waals surface area contributed by atoms with Crippen molar-refractivity contribution in [2.24, 2.45) is 23.2 Å². The topological polar surface area (TPSA) is 105 Å². The van der Waals surface area contributed by atoms with Crippen molar-refractivity contribution in [3.8, 4) is 0 Å². The number of aromatic nitrogens is 2. The van der Waals surface area contributed by atoms with Gasteiger partial charge >= 0.3 is 0 Å². The Hall–Kier alpha value is -2.64. The molecular formula is C27H41N5O3. The third-order valence-electron chi connectivity index (χ3n) is 8.19. The van der Waals surface area contributed by atoms with Crippen LogP contribution >= 0.6 is 0 Å². The lowest BCUT2D eigenvalue weighted by molar-refractivity contribution is -0.127. The van der Waals surface area contributed by atoms with E-state index < -0.39 is 5.41 Å². The lowest BCUT2D eigenvalue weighted by atomic mass is 9.51. The van der Waals surface area contributed by atoms with Gasteiger partial charge in [-0.1, -0.05) is 19.9 Å². The van der Waals surface area contributed by atoms with Crippen molar-refractivity contribution in [2.45, 2.75) is 91.1 Å². The van der Waals surface area contributed by atoms with Gasteiger partial charge in [0.2, 0.25) is 11.8 Å². The van der Waals surface area contributed by atoms with Crippen molar-refractivity contribution in [3.63, 3.8) is 0 Å². The molecule has 8 heteroatoms. The number of carbonyl (C=O) groups excluding carboxylic acids is 3. The minimum Gasteiger partial charge on any atom is -0.356 e. The van der Waals surface area contributed by atoms with E-state index in [2.05, 4.69) is 21.0 Å². The molecule has 4 saturated carbocycles. The molecule has 4 fully saturated rings. The Kier molecular flexibility index (Phi) is 6.86. The number of nitrogens with one attached hydrogen (secondary N) is 3. The Morgan fingerprint density at radius 1 is 1.20 bits per heavy atom. The normalized spacial score (nSPS) is 29.6. The first-order valence-electron chi connectivity index (χ1n) is 13.1. The molecule has 8 nitrogen and oxygen atoms in total. The summed E-state index contributed by atoms with van der Waals surface area (Å²) in [7, 11) is 0. The van der Waals surface area contributed by atoms with E-state index in [-0.39, 0.29) is 35.2 Å². The van der Waals surface area contributed by atoms with E-state index in [4.69, 9.17) is 0 Å². The van der Waals surface area contributed by atoms with Crippen molar-refractivity contribution in [2.75, 3.05) is 6.54 Å². The summed E-state index contributed by atoms with van der Waals surface area (Å²) in [6, 6.07) is 0.136. The molecule has 192 valence electrons. The Morgan fingerprint density at radius 2 is 1.86 bits per heavy atom. The highest BCUT2D eigenvalue weighted by Crippen LogP contribution is 2.55. The molecule has 0 aliphatic heterocycles. The summed E-state index contributed by atoms with van der Waals surface area (Å²) in [5.74, 6) is 1.43. The van der Waals surface area contributed by atoms with Crippen LogP contribution in [0.2, 0.25) is 0 Å². The summed E-state index contributed by atoms with van der Waals surface area (Å²) < 4.78 is 1.73. The van der Waals surface area contributed by atoms with Crippen LogP contribution in [0.3, 0.4) is 0 Å². The van der Waals surface area contributed by atoms with Crippen molar-refractivity contribution < 1.29 is 14.4 Å². The average molecular weight is 484 g/mol. The first-order chi connectivity index (χ1) is 16.4. The highest BCUT2D eigenvalue weighted by molar-refractivity contribution is 5.95. The van der Waals surface area contributed by atoms with E-state index in [0.29, 0.717) is 29.9 Å². The highest BCUT2D eigenvalue weighted by atomic mass is 16.2. The summed E-state index contributed by atoms with van der Waals surface area (Å²) >= 11 is 0. The number of carbonyl (C=O) groups is 3. The highest BCUT2D eigenvalue weighted by Gasteiger charge is 2.56. The van der Waals surface area contributed by atoms with Crippen molar-refractivity contribution in [3.05, 3.63) is 23.5 Å². The second kappa shape index (κ2) is 9.43. The summed E-state index contributed by atoms with van der Waals surface area (Å²) in [6.07, 6.45) is 10.5. The Bertz CT molecular complexity index is 1010. The van der Waals surface area contributed by atoms with Gasteiger partial charge in [-0.25, -0.2) is 4.68 Å². The molecule has 1 heterocycles. The summed E-state index contributed by atoms with van der Waals surface area (Å²) in [5, 5.41) is 14.0. The minimum absolute atomic E-state index is 0.0462. The van der Waals surface area contributed by atoms with Crippen LogP contribution in [0.15, 0.2) is 12.3 Å². The van der Waals surface area contributed by atoms with Gasteiger partial charge in [-0.3, -0.25) is 14.4 Å². The fourth-order valence-corrected chi connectivity index (χ4v) is 6.98. The predicted molar refractivity (Wildman–Crippen MR) is 135 cm³/mol. The van der Waals surface area contributed by atoms with Gasteiger partial charge in [-0.2, -0.15) is 5.10 Å². The molecule has 0 radical (unpaired) electrons. The number of hydrogen-bond donors (Lipinski definition) is 3. The third-order valence-corrected chi connectivity index (χ3v) is 8.19. The molecule has 2 unspecified atom stereocenters. The molecule has 1 aromatic heterocycles. The van der Waals surface area contributed by atoms with Gasteiger partial charge in [0, 0.05) is 31.2 Å². The smallest absolute Gasteiger partial charge is 0.255 e. The number of amides is 3. The molecule has 3 N–H and O–H groups in total. The van der Waals surface area contributed by atoms with Gasteiger partial charge in [0.15, 0.2) is 0 Å². The van der Waals surface area contributed by atoms with E-state index >= 15 is 0 Å². The zero-order chi connectivity index (χ0) is 25.5. The fraction of sp³-hybridized carbons (Fsp3) is 0.704. The second-order valence-electron chi connectivity index (χ2n) is 11.9. The maximum absolute atomic E-state index is 13.5. The Balaban J connectivity index is 1.51. The zero-order valence-corrected chi connectivity index (χ0v) is 22.0. The predicted octanol–water partition coefficient (Wildman–Crippen LogP) is 3.45. The standard InChI is InChI=1S/C27H41N5O3/c1-7-28-25(35)26(5,6)8-9-32-23(16(2)3)21(15-29-32)24(34)30-22-19-10-18-11-20(22)14-27(12-18,13-19)31-17(4)33/h8-9,15-16,18-20,22H,7,10-14H2,1-6H3,(H,28,35)(H,30,34)(H,31,33)/b9-8+/t18?,19?,20?,22-,27-. The Labute approximate surface area is 208 Å². The lowest BCUT2D eigenvalue weighted by Gasteiger charge is -2.60. The summed E-state index contributed by atoms with van der Waals surface area (Å²) in [6.45, 7) is 11.9. The minimum atomic E-state index is -0.692. The van der Waals surface area contributed by atoms with Gasteiger partial charge in [0.25, 0.3) is 5.91 Å². The summed E-state index contributed by atoms with van der Waals surface area (Å²) in [5.41, 5.74) is 0.650. The molecule has 1 aromatic rings. The molecule has 35 heavy (non-hydrogen) atoms. The van der Waals surface area contributed by atoms with Gasteiger partial charge in [-0.05, 0) is 76.5 Å². The maximum atomic E-state index is 13.5. The monoisotopic (exact) mass is 483 g/mol. The molecule has 5 rings (SSSR count). The maximum Gasteiger partial charge on any atom is 0.255 e. The first-order valence-corrected chi connectivity index (χ1v) is 13.1. The SMILES string of the molecule is CCNC(=O)C(C)(C)/C=C/n1ncc(C(=O)N[C@H]2C3CC4CC2C[C@](NC(C)=O)(C4)C3)c1C(C)C. The Morgan fingerprint density at radius 3 is 2.43 bits per heavy atom. The quantitative estimate of drug-likeness (QED) is 0.527. The fourth-order valence-electron chi connectivity index (χ4n) is 6.98. The lowest BCUT2D eigenvalue weighted by Crippen LogP contribution is -2.66. The molecule has 0 saturated heterocycles. The van der Waals surface area contributed by atoms with E-state index in [0.717, 1.165) is 37.8 Å². The van der Waals surface area contributed by atoms with Gasteiger partial charge < -0.3 is 16.0 Å². The number of hydrogen-bond acceptors (Lipinski definition) is 4. The van der Waals surface area contributed by atoms with E-state index in [1.165, 1.54) is 0 Å². The van der Waals surface area contributed by atoms with Crippen LogP contribution in [-0.4, -0.2) is 45.6 Å². The molecule has 3 amide bonds. The molecule has 0 aromatic carbocycles. The van der Waals surface area contributed by atoms with Crippen LogP contribution in [0.5, 0.6) is 0 Å². The van der Waals surface area contributed by atoms with E-state index in [1.807, 2.05) is 40.7 Å². The molecular weight excluding hydrogens is 442 g/mol. The third kappa shape index (κ3) is 5.02. The van der Waals surface area contributed by atoms with Crippen molar-refractivity contribution in [1.82, 2.24) is 25.7 Å². The van der Waals surface area contributed by atoms with Gasteiger partial charge in [0.1, 0.15) is 0 Å².